The zero-order valence-corrected chi connectivity index (χ0v) is 18.9. The van der Waals surface area contributed by atoms with E-state index < -0.39 is 20.0 Å². The molecule has 0 bridgehead atoms. The van der Waals surface area contributed by atoms with Crippen LogP contribution in [0.5, 0.6) is 0 Å². The highest BCUT2D eigenvalue weighted by Gasteiger charge is 2.39. The van der Waals surface area contributed by atoms with E-state index in [4.69, 9.17) is 0 Å². The summed E-state index contributed by atoms with van der Waals surface area (Å²) in [5.41, 5.74) is 1.78. The highest BCUT2D eigenvalue weighted by atomic mass is 32.3. The van der Waals surface area contributed by atoms with Gasteiger partial charge in [0.05, 0.1) is 10.5 Å². The summed E-state index contributed by atoms with van der Waals surface area (Å²) in [4.78, 5) is -0.317. The third kappa shape index (κ3) is 4.69. The molecular weight excluding hydrogens is 408 g/mol. The van der Waals surface area contributed by atoms with E-state index in [1.807, 2.05) is 26.8 Å². The smallest absolute Gasteiger partial charge is 0.206 e. The first-order valence-electron chi connectivity index (χ1n) is 9.27. The fraction of sp³-hybridized carbons (Fsp3) is 0.381. The summed E-state index contributed by atoms with van der Waals surface area (Å²) in [5.74, 6) is 0.0920. The largest absolute Gasteiger partial charge is 0.257 e. The third-order valence-corrected chi connectivity index (χ3v) is 9.26. The van der Waals surface area contributed by atoms with Gasteiger partial charge < -0.3 is 0 Å². The lowest BCUT2D eigenvalue weighted by molar-refractivity contribution is 0.461. The fourth-order valence-corrected chi connectivity index (χ4v) is 7.49. The van der Waals surface area contributed by atoms with Crippen molar-refractivity contribution in [3.63, 3.8) is 0 Å². The Labute approximate surface area is 173 Å². The van der Waals surface area contributed by atoms with Crippen molar-refractivity contribution in [2.45, 2.75) is 50.8 Å². The van der Waals surface area contributed by atoms with E-state index in [9.17, 15) is 22.1 Å². The zero-order valence-electron chi connectivity index (χ0n) is 17.3. The van der Waals surface area contributed by atoms with Crippen LogP contribution >= 0.6 is 0 Å². The van der Waals surface area contributed by atoms with E-state index >= 15 is 0 Å². The summed E-state index contributed by atoms with van der Waals surface area (Å²) in [7, 11) is -8.84. The Balaban J connectivity index is 2.76. The summed E-state index contributed by atoms with van der Waals surface area (Å²) in [5, 5.41) is 9.34. The quantitative estimate of drug-likeness (QED) is 0.658. The summed E-state index contributed by atoms with van der Waals surface area (Å²) in [6.07, 6.45) is 0.358. The lowest BCUT2D eigenvalue weighted by Crippen LogP contribution is -2.39. The number of sulfonamides is 2. The van der Waals surface area contributed by atoms with Crippen LogP contribution in [-0.4, -0.2) is 27.1 Å². The average Bonchev–Trinajstić information content (AvgIpc) is 2.59. The van der Waals surface area contributed by atoms with Crippen LogP contribution in [-0.2, 0) is 20.0 Å². The zero-order chi connectivity index (χ0) is 22.0. The number of rotatable bonds is 7. The molecule has 0 heterocycles. The summed E-state index contributed by atoms with van der Waals surface area (Å²) in [6, 6.07) is 10.9. The monoisotopic (exact) mass is 434 g/mol. The van der Waals surface area contributed by atoms with Crippen molar-refractivity contribution >= 4 is 20.0 Å². The number of hydrogen-bond donors (Lipinski definition) is 0. The summed E-state index contributed by atoms with van der Waals surface area (Å²) < 4.78 is 54.6. The van der Waals surface area contributed by atoms with Gasteiger partial charge in [-0.25, -0.2) is 16.8 Å². The maximum absolute atomic E-state index is 13.6. The maximum atomic E-state index is 13.6. The molecule has 8 heteroatoms. The molecule has 0 saturated heterocycles. The standard InChI is InChI=1S/C21H26N2O4S2/c1-15(2)10-11-23(28(24,25)20-9-7-6-8-19(20)14-22)29(26,27)21-17(4)12-16(3)13-18(21)5/h6-9,12-13,15H,10-11H2,1-5H3. The molecule has 0 aromatic heterocycles. The Hall–Kier alpha value is -2.21. The normalized spacial score (nSPS) is 12.3. The number of nitriles is 1. The molecule has 0 aliphatic carbocycles. The SMILES string of the molecule is Cc1cc(C)c(S(=O)(=O)N(CCC(C)C)S(=O)(=O)c2ccccc2C#N)c(C)c1. The van der Waals surface area contributed by atoms with Crippen LogP contribution in [0.3, 0.4) is 0 Å². The van der Waals surface area contributed by atoms with Crippen molar-refractivity contribution in [1.82, 2.24) is 3.71 Å². The van der Waals surface area contributed by atoms with Gasteiger partial charge in [-0.3, -0.25) is 0 Å². The molecule has 0 aliphatic heterocycles. The van der Waals surface area contributed by atoms with Gasteiger partial charge in [-0.1, -0.05) is 47.4 Å². The molecule has 2 aromatic rings. The van der Waals surface area contributed by atoms with Crippen LogP contribution < -0.4 is 0 Å². The maximum Gasteiger partial charge on any atom is 0.257 e. The minimum absolute atomic E-state index is 0.00938. The van der Waals surface area contributed by atoms with Crippen molar-refractivity contribution in [1.29, 1.82) is 5.26 Å². The number of nitrogens with zero attached hydrogens (tertiary/aromatic N) is 2. The van der Waals surface area contributed by atoms with Crippen molar-refractivity contribution in [3.05, 3.63) is 58.7 Å². The predicted octanol–water partition coefficient (Wildman–Crippen LogP) is 3.91. The lowest BCUT2D eigenvalue weighted by Gasteiger charge is -2.25. The third-order valence-electron chi connectivity index (χ3n) is 4.57. The Morgan fingerprint density at radius 2 is 1.52 bits per heavy atom. The Bertz CT molecular complexity index is 1140. The van der Waals surface area contributed by atoms with Gasteiger partial charge in [0.1, 0.15) is 11.0 Å². The van der Waals surface area contributed by atoms with Crippen LogP contribution in [0.2, 0.25) is 0 Å². The lowest BCUT2D eigenvalue weighted by atomic mass is 10.1. The first kappa shape index (κ1) is 23.1. The molecule has 6 nitrogen and oxygen atoms in total. The van der Waals surface area contributed by atoms with Crippen LogP contribution in [0, 0.1) is 38.0 Å². The van der Waals surface area contributed by atoms with Gasteiger partial charge in [0, 0.05) is 6.54 Å². The van der Waals surface area contributed by atoms with Gasteiger partial charge in [0.2, 0.25) is 0 Å². The Morgan fingerprint density at radius 1 is 0.966 bits per heavy atom. The van der Waals surface area contributed by atoms with Crippen LogP contribution in [0.15, 0.2) is 46.2 Å². The second kappa shape index (κ2) is 8.66. The average molecular weight is 435 g/mol. The molecule has 0 aliphatic rings. The van der Waals surface area contributed by atoms with E-state index in [0.717, 1.165) is 5.56 Å². The molecule has 0 amide bonds. The van der Waals surface area contributed by atoms with Gasteiger partial charge >= 0.3 is 0 Å². The van der Waals surface area contributed by atoms with Gasteiger partial charge in [-0.05, 0) is 56.4 Å². The highest BCUT2D eigenvalue weighted by Crippen LogP contribution is 2.31. The molecule has 156 valence electrons. The number of aryl methyl sites for hydroxylation is 3. The summed E-state index contributed by atoms with van der Waals surface area (Å²) in [6.45, 7) is 8.75. The van der Waals surface area contributed by atoms with E-state index in [2.05, 4.69) is 0 Å². The van der Waals surface area contributed by atoms with Gasteiger partial charge in [-0.15, -0.1) is 0 Å². The van der Waals surface area contributed by atoms with Gasteiger partial charge in [0.15, 0.2) is 0 Å². The molecule has 0 radical (unpaired) electrons. The predicted molar refractivity (Wildman–Crippen MR) is 112 cm³/mol. The Kier molecular flexibility index (Phi) is 6.89. The van der Waals surface area contributed by atoms with Crippen LogP contribution in [0.1, 0.15) is 42.5 Å². The number of benzene rings is 2. The minimum Gasteiger partial charge on any atom is -0.206 e. The first-order chi connectivity index (χ1) is 13.4. The molecular formula is C21H26N2O4S2. The molecule has 29 heavy (non-hydrogen) atoms. The molecule has 0 fully saturated rings. The molecule has 0 unspecified atom stereocenters. The first-order valence-corrected chi connectivity index (χ1v) is 12.2. The molecule has 0 atom stereocenters. The summed E-state index contributed by atoms with van der Waals surface area (Å²) >= 11 is 0. The van der Waals surface area contributed by atoms with Crippen LogP contribution in [0.25, 0.3) is 0 Å². The minimum atomic E-state index is -4.47. The van der Waals surface area contributed by atoms with E-state index in [1.165, 1.54) is 18.2 Å². The van der Waals surface area contributed by atoms with E-state index in [-0.39, 0.29) is 27.8 Å². The van der Waals surface area contributed by atoms with Crippen molar-refractivity contribution in [2.75, 3.05) is 6.54 Å². The van der Waals surface area contributed by atoms with Crippen molar-refractivity contribution in [3.8, 4) is 6.07 Å². The molecule has 2 rings (SSSR count). The molecule has 0 N–H and O–H groups in total. The van der Waals surface area contributed by atoms with E-state index in [1.54, 1.807) is 32.0 Å². The number of hydrogen-bond acceptors (Lipinski definition) is 5. The second-order valence-electron chi connectivity index (χ2n) is 7.52. The van der Waals surface area contributed by atoms with Gasteiger partial charge in [-0.2, -0.15) is 5.26 Å². The highest BCUT2D eigenvalue weighted by molar-refractivity contribution is 8.04. The van der Waals surface area contributed by atoms with Crippen molar-refractivity contribution in [2.24, 2.45) is 5.92 Å². The van der Waals surface area contributed by atoms with E-state index in [0.29, 0.717) is 21.3 Å². The van der Waals surface area contributed by atoms with Crippen LogP contribution in [0.4, 0.5) is 0 Å². The molecule has 2 aromatic carbocycles. The molecule has 0 saturated carbocycles. The fourth-order valence-electron chi connectivity index (χ4n) is 3.30. The topological polar surface area (TPSA) is 95.3 Å². The second-order valence-corrected chi connectivity index (χ2v) is 11.4. The molecule has 0 spiro atoms. The van der Waals surface area contributed by atoms with Crippen molar-refractivity contribution < 1.29 is 16.8 Å². The Morgan fingerprint density at radius 3 is 2.03 bits per heavy atom. The van der Waals surface area contributed by atoms with Gasteiger partial charge in [0.25, 0.3) is 20.0 Å².